The van der Waals surface area contributed by atoms with E-state index in [1.165, 1.54) is 5.56 Å². The number of hydrogen-bond acceptors (Lipinski definition) is 3. The predicted molar refractivity (Wildman–Crippen MR) is 79.0 cm³/mol. The average Bonchev–Trinajstić information content (AvgIpc) is 2.39. The van der Waals surface area contributed by atoms with Crippen LogP contribution in [0.5, 0.6) is 5.75 Å². The fourth-order valence-corrected chi connectivity index (χ4v) is 2.43. The maximum absolute atomic E-state index is 5.84. The predicted octanol–water partition coefficient (Wildman–Crippen LogP) is 3.76. The normalized spacial score (nSPS) is 23.1. The second kappa shape index (κ2) is 6.80. The van der Waals surface area contributed by atoms with E-state index in [1.807, 2.05) is 0 Å². The van der Waals surface area contributed by atoms with E-state index in [2.05, 4.69) is 44.3 Å². The first-order chi connectivity index (χ1) is 9.19. The van der Waals surface area contributed by atoms with E-state index in [4.69, 9.17) is 9.47 Å². The third-order valence-electron chi connectivity index (χ3n) is 3.44. The van der Waals surface area contributed by atoms with Crippen molar-refractivity contribution in [1.82, 2.24) is 0 Å². The molecule has 1 aromatic carbocycles. The lowest BCUT2D eigenvalue weighted by Gasteiger charge is -2.29. The van der Waals surface area contributed by atoms with Gasteiger partial charge in [-0.15, -0.1) is 0 Å². The average molecular weight is 263 g/mol. The number of benzene rings is 1. The Hall–Kier alpha value is -1.22. The van der Waals surface area contributed by atoms with Gasteiger partial charge in [0.15, 0.2) is 0 Å². The Morgan fingerprint density at radius 2 is 2.26 bits per heavy atom. The second-order valence-electron chi connectivity index (χ2n) is 5.40. The van der Waals surface area contributed by atoms with Crippen molar-refractivity contribution in [2.75, 3.05) is 18.5 Å². The first kappa shape index (κ1) is 14.2. The van der Waals surface area contributed by atoms with E-state index in [9.17, 15) is 0 Å². The molecule has 0 radical (unpaired) electrons. The molecule has 1 saturated heterocycles. The highest BCUT2D eigenvalue weighted by Gasteiger charge is 2.20. The number of aryl methyl sites for hydroxylation is 1. The van der Waals surface area contributed by atoms with Crippen LogP contribution in [0.1, 0.15) is 38.7 Å². The van der Waals surface area contributed by atoms with Crippen molar-refractivity contribution in [3.63, 3.8) is 0 Å². The number of nitrogens with one attached hydrogen (secondary N) is 1. The first-order valence-corrected chi connectivity index (χ1v) is 7.30. The molecule has 1 fully saturated rings. The third kappa shape index (κ3) is 4.13. The van der Waals surface area contributed by atoms with Crippen molar-refractivity contribution in [3.05, 3.63) is 23.8 Å². The molecule has 1 aliphatic rings. The number of ether oxygens (including phenoxy) is 2. The van der Waals surface area contributed by atoms with Gasteiger partial charge in [0, 0.05) is 12.6 Å². The van der Waals surface area contributed by atoms with Crippen LogP contribution in [0, 0.1) is 6.92 Å². The zero-order chi connectivity index (χ0) is 13.7. The van der Waals surface area contributed by atoms with Gasteiger partial charge in [0.25, 0.3) is 0 Å². The quantitative estimate of drug-likeness (QED) is 0.877. The molecule has 0 spiro atoms. The summed E-state index contributed by atoms with van der Waals surface area (Å²) >= 11 is 0. The standard InChI is InChI=1S/C16H25NO2/c1-4-8-19-16-10-12(2)5-6-15(16)17-14-7-9-18-13(3)11-14/h5-6,10,13-14,17H,4,7-9,11H2,1-3H3. The third-order valence-corrected chi connectivity index (χ3v) is 3.44. The molecular formula is C16H25NO2. The van der Waals surface area contributed by atoms with E-state index < -0.39 is 0 Å². The van der Waals surface area contributed by atoms with Gasteiger partial charge < -0.3 is 14.8 Å². The molecule has 1 aromatic rings. The molecule has 2 rings (SSSR count). The molecule has 3 heteroatoms. The van der Waals surface area contributed by atoms with Gasteiger partial charge in [-0.2, -0.15) is 0 Å². The maximum Gasteiger partial charge on any atom is 0.142 e. The molecule has 2 atom stereocenters. The van der Waals surface area contributed by atoms with Crippen LogP contribution in [0.15, 0.2) is 18.2 Å². The second-order valence-corrected chi connectivity index (χ2v) is 5.40. The summed E-state index contributed by atoms with van der Waals surface area (Å²) in [5, 5.41) is 3.61. The summed E-state index contributed by atoms with van der Waals surface area (Å²) in [6, 6.07) is 6.85. The van der Waals surface area contributed by atoms with Crippen LogP contribution in [0.25, 0.3) is 0 Å². The summed E-state index contributed by atoms with van der Waals surface area (Å²) in [4.78, 5) is 0. The highest BCUT2D eigenvalue weighted by Crippen LogP contribution is 2.28. The van der Waals surface area contributed by atoms with Crippen LogP contribution in [0.2, 0.25) is 0 Å². The Labute approximate surface area is 116 Å². The molecular weight excluding hydrogens is 238 g/mol. The lowest BCUT2D eigenvalue weighted by atomic mass is 10.0. The van der Waals surface area contributed by atoms with Gasteiger partial charge in [-0.25, -0.2) is 0 Å². The highest BCUT2D eigenvalue weighted by molar-refractivity contribution is 5.58. The maximum atomic E-state index is 5.84. The largest absolute Gasteiger partial charge is 0.491 e. The molecule has 19 heavy (non-hydrogen) atoms. The molecule has 106 valence electrons. The molecule has 0 aliphatic carbocycles. The Bertz CT molecular complexity index is 406. The molecule has 0 amide bonds. The number of anilines is 1. The Kier molecular flexibility index (Phi) is 5.08. The monoisotopic (exact) mass is 263 g/mol. The summed E-state index contributed by atoms with van der Waals surface area (Å²) in [5.74, 6) is 0.973. The summed E-state index contributed by atoms with van der Waals surface area (Å²) in [6.45, 7) is 7.97. The molecule has 1 aliphatic heterocycles. The van der Waals surface area contributed by atoms with Gasteiger partial charge >= 0.3 is 0 Å². The van der Waals surface area contributed by atoms with Gasteiger partial charge in [0.05, 0.1) is 18.4 Å². The van der Waals surface area contributed by atoms with Crippen molar-refractivity contribution in [2.24, 2.45) is 0 Å². The Balaban J connectivity index is 2.05. The van der Waals surface area contributed by atoms with E-state index in [0.717, 1.165) is 43.9 Å². The van der Waals surface area contributed by atoms with Gasteiger partial charge in [0.1, 0.15) is 5.75 Å². The van der Waals surface area contributed by atoms with Crippen molar-refractivity contribution in [2.45, 2.75) is 52.2 Å². The summed E-state index contributed by atoms with van der Waals surface area (Å²) in [6.07, 6.45) is 3.49. The number of hydrogen-bond donors (Lipinski definition) is 1. The van der Waals surface area contributed by atoms with E-state index >= 15 is 0 Å². The highest BCUT2D eigenvalue weighted by atomic mass is 16.5. The van der Waals surface area contributed by atoms with Crippen molar-refractivity contribution < 1.29 is 9.47 Å². The minimum Gasteiger partial charge on any atom is -0.491 e. The lowest BCUT2D eigenvalue weighted by Crippen LogP contribution is -2.32. The SMILES string of the molecule is CCCOc1cc(C)ccc1NC1CCOC(C)C1. The summed E-state index contributed by atoms with van der Waals surface area (Å²) < 4.78 is 11.4. The van der Waals surface area contributed by atoms with Crippen LogP contribution in [-0.2, 0) is 4.74 Å². The smallest absolute Gasteiger partial charge is 0.142 e. The lowest BCUT2D eigenvalue weighted by molar-refractivity contribution is 0.0232. The molecule has 2 unspecified atom stereocenters. The fourth-order valence-electron chi connectivity index (χ4n) is 2.43. The Morgan fingerprint density at radius 1 is 1.42 bits per heavy atom. The van der Waals surface area contributed by atoms with Crippen LogP contribution in [0.3, 0.4) is 0 Å². The zero-order valence-corrected chi connectivity index (χ0v) is 12.2. The van der Waals surface area contributed by atoms with E-state index in [1.54, 1.807) is 0 Å². The fraction of sp³-hybridized carbons (Fsp3) is 0.625. The molecule has 0 bridgehead atoms. The van der Waals surface area contributed by atoms with Crippen LogP contribution in [-0.4, -0.2) is 25.4 Å². The minimum absolute atomic E-state index is 0.344. The Morgan fingerprint density at radius 3 is 3.00 bits per heavy atom. The van der Waals surface area contributed by atoms with Crippen LogP contribution < -0.4 is 10.1 Å². The van der Waals surface area contributed by atoms with Crippen molar-refractivity contribution >= 4 is 5.69 Å². The van der Waals surface area contributed by atoms with Gasteiger partial charge in [0.2, 0.25) is 0 Å². The molecule has 0 saturated carbocycles. The molecule has 1 N–H and O–H groups in total. The summed E-state index contributed by atoms with van der Waals surface area (Å²) in [5.41, 5.74) is 2.34. The molecule has 1 heterocycles. The van der Waals surface area contributed by atoms with Gasteiger partial charge in [-0.1, -0.05) is 13.0 Å². The summed E-state index contributed by atoms with van der Waals surface area (Å²) in [7, 11) is 0. The van der Waals surface area contributed by atoms with Crippen molar-refractivity contribution in [1.29, 1.82) is 0 Å². The topological polar surface area (TPSA) is 30.5 Å². The van der Waals surface area contributed by atoms with E-state index in [-0.39, 0.29) is 0 Å². The van der Waals surface area contributed by atoms with Crippen molar-refractivity contribution in [3.8, 4) is 5.75 Å². The first-order valence-electron chi connectivity index (χ1n) is 7.30. The minimum atomic E-state index is 0.344. The van der Waals surface area contributed by atoms with E-state index in [0.29, 0.717) is 12.1 Å². The van der Waals surface area contributed by atoms with Crippen LogP contribution >= 0.6 is 0 Å². The van der Waals surface area contributed by atoms with Gasteiger partial charge in [-0.05, 0) is 50.8 Å². The van der Waals surface area contributed by atoms with Crippen LogP contribution in [0.4, 0.5) is 5.69 Å². The molecule has 3 nitrogen and oxygen atoms in total. The zero-order valence-electron chi connectivity index (χ0n) is 12.2. The number of rotatable bonds is 5. The molecule has 0 aromatic heterocycles. The van der Waals surface area contributed by atoms with Gasteiger partial charge in [-0.3, -0.25) is 0 Å².